The van der Waals surface area contributed by atoms with E-state index in [1.165, 1.54) is 6.42 Å². The number of nitrogens with zero attached hydrogens (tertiary/aromatic N) is 1. The summed E-state index contributed by atoms with van der Waals surface area (Å²) in [5.41, 5.74) is 0.886. The fourth-order valence-corrected chi connectivity index (χ4v) is 3.02. The van der Waals surface area contributed by atoms with Crippen LogP contribution >= 0.6 is 0 Å². The van der Waals surface area contributed by atoms with Crippen LogP contribution in [0.2, 0.25) is 0 Å². The Morgan fingerprint density at radius 2 is 2.40 bits per heavy atom. The van der Waals surface area contributed by atoms with Gasteiger partial charge in [-0.25, -0.2) is 0 Å². The van der Waals surface area contributed by atoms with E-state index in [2.05, 4.69) is 10.3 Å². The number of fused-ring (bicyclic) bond motifs is 2. The average molecular weight is 204 g/mol. The molecule has 3 heteroatoms. The summed E-state index contributed by atoms with van der Waals surface area (Å²) in [4.78, 5) is 4.06. The quantitative estimate of drug-likeness (QED) is 0.762. The fraction of sp³-hybridized carbons (Fsp3) is 0.583. The number of nitrogens with one attached hydrogen (secondary N) is 1. The number of piperidine rings is 2. The summed E-state index contributed by atoms with van der Waals surface area (Å²) >= 11 is 0. The predicted octanol–water partition coefficient (Wildman–Crippen LogP) is 1.26. The molecule has 1 aromatic heterocycles. The molecule has 2 bridgehead atoms. The van der Waals surface area contributed by atoms with Gasteiger partial charge in [0.1, 0.15) is 0 Å². The summed E-state index contributed by atoms with van der Waals surface area (Å²) in [6, 6.07) is 3.84. The molecule has 3 fully saturated rings. The van der Waals surface area contributed by atoms with Gasteiger partial charge in [0.15, 0.2) is 0 Å². The monoisotopic (exact) mass is 204 g/mol. The summed E-state index contributed by atoms with van der Waals surface area (Å²) in [5.74, 6) is 0.831. The largest absolute Gasteiger partial charge is 0.386 e. The third-order valence-corrected chi connectivity index (χ3v) is 3.86. The zero-order valence-corrected chi connectivity index (χ0v) is 8.69. The van der Waals surface area contributed by atoms with Gasteiger partial charge in [-0.3, -0.25) is 4.98 Å². The van der Waals surface area contributed by atoms with Crippen molar-refractivity contribution in [2.24, 2.45) is 5.92 Å². The van der Waals surface area contributed by atoms with E-state index in [0.717, 1.165) is 30.9 Å². The van der Waals surface area contributed by atoms with Gasteiger partial charge in [0.25, 0.3) is 0 Å². The first-order valence-electron chi connectivity index (χ1n) is 5.63. The smallest absolute Gasteiger partial charge is 0.0986 e. The Morgan fingerprint density at radius 1 is 1.53 bits per heavy atom. The highest BCUT2D eigenvalue weighted by atomic mass is 16.3. The van der Waals surface area contributed by atoms with Gasteiger partial charge in [0.2, 0.25) is 0 Å². The van der Waals surface area contributed by atoms with Crippen LogP contribution in [0.4, 0.5) is 0 Å². The van der Waals surface area contributed by atoms with Gasteiger partial charge in [-0.2, -0.15) is 0 Å². The van der Waals surface area contributed by atoms with E-state index < -0.39 is 6.10 Å². The Morgan fingerprint density at radius 3 is 3.00 bits per heavy atom. The standard InChI is InChI=1S/C12H16N2O/c15-11(10-2-1-4-13-8-10)12-6-9(7-12)3-5-14-12/h1-2,4,8-9,11,14-15H,3,5-7H2. The van der Waals surface area contributed by atoms with Gasteiger partial charge in [0.05, 0.1) is 6.10 Å². The number of rotatable bonds is 2. The Bertz CT molecular complexity index is 340. The van der Waals surface area contributed by atoms with E-state index in [-0.39, 0.29) is 5.54 Å². The molecule has 1 aromatic rings. The van der Waals surface area contributed by atoms with Gasteiger partial charge in [-0.05, 0) is 37.8 Å². The van der Waals surface area contributed by atoms with E-state index in [1.807, 2.05) is 12.1 Å². The minimum atomic E-state index is -0.400. The third kappa shape index (κ3) is 1.38. The second kappa shape index (κ2) is 3.29. The highest BCUT2D eigenvalue weighted by Gasteiger charge is 2.51. The van der Waals surface area contributed by atoms with Gasteiger partial charge in [0, 0.05) is 23.5 Å². The molecule has 80 valence electrons. The van der Waals surface area contributed by atoms with Crippen LogP contribution in [0.3, 0.4) is 0 Å². The van der Waals surface area contributed by atoms with E-state index in [0.29, 0.717) is 0 Å². The summed E-state index contributed by atoms with van der Waals surface area (Å²) < 4.78 is 0. The lowest BCUT2D eigenvalue weighted by atomic mass is 9.60. The molecule has 0 radical (unpaired) electrons. The zero-order valence-electron chi connectivity index (χ0n) is 8.69. The molecule has 4 rings (SSSR count). The molecule has 1 aliphatic carbocycles. The van der Waals surface area contributed by atoms with Crippen molar-refractivity contribution in [3.8, 4) is 0 Å². The minimum Gasteiger partial charge on any atom is -0.386 e. The summed E-state index contributed by atoms with van der Waals surface area (Å²) in [6.07, 6.45) is 6.60. The molecule has 1 unspecified atom stereocenters. The maximum Gasteiger partial charge on any atom is 0.0986 e. The number of hydrogen-bond acceptors (Lipinski definition) is 3. The van der Waals surface area contributed by atoms with Crippen LogP contribution in [-0.2, 0) is 0 Å². The zero-order chi connectivity index (χ0) is 10.3. The maximum atomic E-state index is 10.3. The van der Waals surface area contributed by atoms with Crippen molar-refractivity contribution < 1.29 is 5.11 Å². The molecule has 1 saturated carbocycles. The first kappa shape index (κ1) is 9.31. The lowest BCUT2D eigenvalue weighted by Gasteiger charge is -2.55. The van der Waals surface area contributed by atoms with E-state index in [4.69, 9.17) is 0 Å². The molecule has 3 nitrogen and oxygen atoms in total. The van der Waals surface area contributed by atoms with E-state index >= 15 is 0 Å². The number of pyridine rings is 1. The molecule has 2 N–H and O–H groups in total. The summed E-state index contributed by atoms with van der Waals surface area (Å²) in [7, 11) is 0. The molecule has 0 aromatic carbocycles. The Kier molecular flexibility index (Phi) is 2.04. The molecule has 3 heterocycles. The van der Waals surface area contributed by atoms with Crippen molar-refractivity contribution >= 4 is 0 Å². The maximum absolute atomic E-state index is 10.3. The fourth-order valence-electron chi connectivity index (χ4n) is 3.02. The minimum absolute atomic E-state index is 0.0497. The van der Waals surface area contributed by atoms with Crippen LogP contribution in [0.5, 0.6) is 0 Å². The van der Waals surface area contributed by atoms with Crippen molar-refractivity contribution in [3.05, 3.63) is 30.1 Å². The van der Waals surface area contributed by atoms with E-state index in [9.17, 15) is 5.11 Å². The lowest BCUT2D eigenvalue weighted by Crippen LogP contribution is -2.63. The molecule has 15 heavy (non-hydrogen) atoms. The molecule has 3 aliphatic rings. The van der Waals surface area contributed by atoms with Crippen LogP contribution in [0, 0.1) is 5.92 Å². The van der Waals surface area contributed by atoms with Crippen LogP contribution in [0.1, 0.15) is 30.9 Å². The topological polar surface area (TPSA) is 45.2 Å². The molecule has 0 spiro atoms. The van der Waals surface area contributed by atoms with Gasteiger partial charge < -0.3 is 10.4 Å². The van der Waals surface area contributed by atoms with Gasteiger partial charge in [-0.15, -0.1) is 0 Å². The number of aliphatic hydroxyl groups excluding tert-OH is 1. The second-order valence-electron chi connectivity index (χ2n) is 4.83. The van der Waals surface area contributed by atoms with Crippen molar-refractivity contribution in [2.75, 3.05) is 6.54 Å². The molecule has 2 saturated heterocycles. The number of hydrogen-bond donors (Lipinski definition) is 2. The van der Waals surface area contributed by atoms with E-state index in [1.54, 1.807) is 12.4 Å². The SMILES string of the molecule is OC(c1cccnc1)C12CC(CCN1)C2. The van der Waals surface area contributed by atoms with Gasteiger partial charge in [-0.1, -0.05) is 6.07 Å². The Balaban J connectivity index is 1.83. The normalized spacial score (nSPS) is 35.7. The van der Waals surface area contributed by atoms with Crippen molar-refractivity contribution in [1.29, 1.82) is 0 Å². The average Bonchev–Trinajstić information content (AvgIpc) is 2.29. The summed E-state index contributed by atoms with van der Waals surface area (Å²) in [5, 5.41) is 13.8. The highest BCUT2D eigenvalue weighted by molar-refractivity contribution is 5.21. The highest BCUT2D eigenvalue weighted by Crippen LogP contribution is 2.49. The Hall–Kier alpha value is -0.930. The third-order valence-electron chi connectivity index (χ3n) is 3.86. The molecule has 0 amide bonds. The van der Waals surface area contributed by atoms with Crippen LogP contribution in [-0.4, -0.2) is 22.2 Å². The molecule has 1 atom stereocenters. The number of aromatic nitrogens is 1. The van der Waals surface area contributed by atoms with Crippen molar-refractivity contribution in [1.82, 2.24) is 10.3 Å². The van der Waals surface area contributed by atoms with Crippen LogP contribution in [0.25, 0.3) is 0 Å². The Labute approximate surface area is 89.5 Å². The molecule has 2 aliphatic heterocycles. The first-order valence-corrected chi connectivity index (χ1v) is 5.63. The van der Waals surface area contributed by atoms with Crippen molar-refractivity contribution in [2.45, 2.75) is 30.9 Å². The lowest BCUT2D eigenvalue weighted by molar-refractivity contribution is -0.0552. The first-order chi connectivity index (χ1) is 7.30. The summed E-state index contributed by atoms with van der Waals surface area (Å²) in [6.45, 7) is 1.04. The van der Waals surface area contributed by atoms with Crippen LogP contribution < -0.4 is 5.32 Å². The molecular weight excluding hydrogens is 188 g/mol. The predicted molar refractivity (Wildman–Crippen MR) is 57.3 cm³/mol. The number of aliphatic hydroxyl groups is 1. The van der Waals surface area contributed by atoms with Gasteiger partial charge >= 0.3 is 0 Å². The van der Waals surface area contributed by atoms with Crippen molar-refractivity contribution in [3.63, 3.8) is 0 Å². The van der Waals surface area contributed by atoms with Crippen LogP contribution in [0.15, 0.2) is 24.5 Å². The second-order valence-corrected chi connectivity index (χ2v) is 4.83. The molecular formula is C12H16N2O.